The zero-order valence-corrected chi connectivity index (χ0v) is 7.13. The molecule has 0 unspecified atom stereocenters. The van der Waals surface area contributed by atoms with E-state index in [1.165, 1.54) is 0 Å². The Labute approximate surface area is 77.7 Å². The van der Waals surface area contributed by atoms with Crippen LogP contribution in [-0.4, -0.2) is 23.0 Å². The fourth-order valence-corrected chi connectivity index (χ4v) is 0.741. The van der Waals surface area contributed by atoms with Crippen molar-refractivity contribution < 1.29 is 13.5 Å². The molecule has 7 heteroatoms. The first kappa shape index (κ1) is 9.91. The number of anilines is 1. The minimum Gasteiger partial charge on any atom is -0.470 e. The molecule has 72 valence electrons. The molecule has 0 aliphatic heterocycles. The first-order valence-corrected chi connectivity index (χ1v) is 3.66. The van der Waals surface area contributed by atoms with Crippen molar-refractivity contribution in [2.75, 3.05) is 12.3 Å². The number of aromatic nitrogens is 2. The third-order valence-electron chi connectivity index (χ3n) is 1.14. The molecule has 0 aliphatic carbocycles. The number of nitrogens with zero attached hydrogens (tertiary/aromatic N) is 2. The van der Waals surface area contributed by atoms with Crippen molar-refractivity contribution in [1.29, 1.82) is 0 Å². The maximum absolute atomic E-state index is 11.7. The second-order valence-corrected chi connectivity index (χ2v) is 2.44. The van der Waals surface area contributed by atoms with Gasteiger partial charge < -0.3 is 10.5 Å². The Balaban J connectivity index is 2.71. The summed E-state index contributed by atoms with van der Waals surface area (Å²) in [5.74, 6) is -0.125. The second-order valence-electron chi connectivity index (χ2n) is 2.09. The van der Waals surface area contributed by atoms with E-state index >= 15 is 0 Å². The molecule has 0 radical (unpaired) electrons. The number of rotatable bonds is 3. The van der Waals surface area contributed by atoms with E-state index in [2.05, 4.69) is 14.7 Å². The zero-order valence-electron chi connectivity index (χ0n) is 6.38. The Hall–Kier alpha value is -1.17. The first-order valence-electron chi connectivity index (χ1n) is 3.28. The van der Waals surface area contributed by atoms with E-state index in [1.807, 2.05) is 0 Å². The highest BCUT2D eigenvalue weighted by Crippen LogP contribution is 2.24. The van der Waals surface area contributed by atoms with Gasteiger partial charge in [-0.1, -0.05) is 11.6 Å². The molecule has 1 aromatic rings. The van der Waals surface area contributed by atoms with Crippen molar-refractivity contribution >= 4 is 17.3 Å². The fraction of sp³-hybridized carbons (Fsp3) is 0.333. The smallest absolute Gasteiger partial charge is 0.272 e. The summed E-state index contributed by atoms with van der Waals surface area (Å²) in [4.78, 5) is 7.06. The summed E-state index contributed by atoms with van der Waals surface area (Å²) in [5.41, 5.74) is 5.30. The normalized spacial score (nSPS) is 10.5. The maximum atomic E-state index is 11.7. The second kappa shape index (κ2) is 4.18. The fourth-order valence-electron chi connectivity index (χ4n) is 0.616. The van der Waals surface area contributed by atoms with Crippen LogP contribution in [0.15, 0.2) is 6.33 Å². The number of halogens is 3. The van der Waals surface area contributed by atoms with E-state index in [4.69, 9.17) is 17.3 Å². The lowest BCUT2D eigenvalue weighted by molar-refractivity contribution is 0.0799. The molecule has 2 N–H and O–H groups in total. The summed E-state index contributed by atoms with van der Waals surface area (Å²) in [6, 6.07) is 0. The third-order valence-corrected chi connectivity index (χ3v) is 1.45. The molecule has 1 aromatic heterocycles. The molecule has 0 amide bonds. The van der Waals surface area contributed by atoms with Gasteiger partial charge in [0.05, 0.1) is 0 Å². The average Bonchev–Trinajstić information content (AvgIpc) is 2.07. The Kier molecular flexibility index (Phi) is 3.18. The van der Waals surface area contributed by atoms with Gasteiger partial charge in [-0.3, -0.25) is 0 Å². The van der Waals surface area contributed by atoms with Gasteiger partial charge in [-0.05, 0) is 0 Å². The minimum atomic E-state index is -2.58. The summed E-state index contributed by atoms with van der Waals surface area (Å²) in [5, 5.41) is -0.0146. The molecule has 0 saturated heterocycles. The van der Waals surface area contributed by atoms with Gasteiger partial charge in [-0.15, -0.1) is 0 Å². The van der Waals surface area contributed by atoms with E-state index in [0.29, 0.717) is 0 Å². The van der Waals surface area contributed by atoms with Crippen LogP contribution in [0.4, 0.5) is 14.5 Å². The minimum absolute atomic E-state index is 0.0146. The molecule has 1 rings (SSSR count). The van der Waals surface area contributed by atoms with Crippen molar-refractivity contribution in [3.8, 4) is 5.88 Å². The molecule has 0 fully saturated rings. The Bertz CT molecular complexity index is 297. The topological polar surface area (TPSA) is 61.0 Å². The molecule has 0 aliphatic rings. The summed E-state index contributed by atoms with van der Waals surface area (Å²) in [6.45, 7) is -0.766. The maximum Gasteiger partial charge on any atom is 0.272 e. The lowest BCUT2D eigenvalue weighted by atomic mass is 10.5. The van der Waals surface area contributed by atoms with Crippen LogP contribution in [0.25, 0.3) is 0 Å². The van der Waals surface area contributed by atoms with Crippen LogP contribution in [0.3, 0.4) is 0 Å². The van der Waals surface area contributed by atoms with Crippen LogP contribution in [0.2, 0.25) is 5.15 Å². The highest BCUT2D eigenvalue weighted by molar-refractivity contribution is 6.32. The number of alkyl halides is 2. The summed E-state index contributed by atoms with van der Waals surface area (Å²) >= 11 is 5.49. The predicted molar refractivity (Wildman–Crippen MR) is 43.0 cm³/mol. The molecule has 0 spiro atoms. The predicted octanol–water partition coefficient (Wildman–Crippen LogP) is 1.36. The van der Waals surface area contributed by atoms with Crippen molar-refractivity contribution in [2.45, 2.75) is 6.43 Å². The van der Waals surface area contributed by atoms with E-state index in [-0.39, 0.29) is 16.7 Å². The van der Waals surface area contributed by atoms with Crippen LogP contribution >= 0.6 is 11.6 Å². The molecular weight excluding hydrogens is 204 g/mol. The van der Waals surface area contributed by atoms with Gasteiger partial charge in [0, 0.05) is 0 Å². The number of nitrogen functional groups attached to an aromatic ring is 1. The van der Waals surface area contributed by atoms with Gasteiger partial charge in [0.15, 0.2) is 11.8 Å². The number of ether oxygens (including phenoxy) is 1. The zero-order chi connectivity index (χ0) is 9.84. The Morgan fingerprint density at radius 3 is 2.85 bits per heavy atom. The van der Waals surface area contributed by atoms with E-state index in [1.54, 1.807) is 0 Å². The first-order chi connectivity index (χ1) is 6.11. The highest BCUT2D eigenvalue weighted by Gasteiger charge is 2.09. The van der Waals surface area contributed by atoms with Gasteiger partial charge in [0.1, 0.15) is 12.0 Å². The summed E-state index contributed by atoms with van der Waals surface area (Å²) in [6.07, 6.45) is -1.49. The molecule has 4 nitrogen and oxygen atoms in total. The van der Waals surface area contributed by atoms with Crippen molar-refractivity contribution in [2.24, 2.45) is 0 Å². The molecule has 13 heavy (non-hydrogen) atoms. The Morgan fingerprint density at radius 1 is 1.54 bits per heavy atom. The van der Waals surface area contributed by atoms with Gasteiger partial charge in [0.25, 0.3) is 6.43 Å². The highest BCUT2D eigenvalue weighted by atomic mass is 35.5. The van der Waals surface area contributed by atoms with Crippen LogP contribution < -0.4 is 10.5 Å². The van der Waals surface area contributed by atoms with Gasteiger partial charge in [-0.2, -0.15) is 4.98 Å². The van der Waals surface area contributed by atoms with E-state index < -0.39 is 13.0 Å². The standard InChI is InChI=1S/C6H6ClF2N3O/c7-5-4(10)6(12-2-11-5)13-1-3(8)9/h2-3H,1,10H2. The lowest BCUT2D eigenvalue weighted by Gasteiger charge is -2.06. The average molecular weight is 210 g/mol. The molecular formula is C6H6ClF2N3O. The van der Waals surface area contributed by atoms with Gasteiger partial charge >= 0.3 is 0 Å². The number of nitrogens with two attached hydrogens (primary N) is 1. The van der Waals surface area contributed by atoms with Crippen LogP contribution in [0.5, 0.6) is 5.88 Å². The largest absolute Gasteiger partial charge is 0.470 e. The van der Waals surface area contributed by atoms with Gasteiger partial charge in [-0.25, -0.2) is 13.8 Å². The number of hydrogen-bond donors (Lipinski definition) is 1. The van der Waals surface area contributed by atoms with Crippen molar-refractivity contribution in [3.63, 3.8) is 0 Å². The van der Waals surface area contributed by atoms with Crippen LogP contribution in [0.1, 0.15) is 0 Å². The van der Waals surface area contributed by atoms with Crippen molar-refractivity contribution in [1.82, 2.24) is 9.97 Å². The van der Waals surface area contributed by atoms with Crippen molar-refractivity contribution in [3.05, 3.63) is 11.5 Å². The molecule has 1 heterocycles. The van der Waals surface area contributed by atoms with Crippen LogP contribution in [-0.2, 0) is 0 Å². The molecule has 0 saturated carbocycles. The summed E-state index contributed by atoms with van der Waals surface area (Å²) in [7, 11) is 0. The van der Waals surface area contributed by atoms with Crippen LogP contribution in [0, 0.1) is 0 Å². The van der Waals surface area contributed by atoms with E-state index in [0.717, 1.165) is 6.33 Å². The SMILES string of the molecule is Nc1c(Cl)ncnc1OCC(F)F. The van der Waals surface area contributed by atoms with Gasteiger partial charge in [0.2, 0.25) is 5.88 Å². The van der Waals surface area contributed by atoms with E-state index in [9.17, 15) is 8.78 Å². The Morgan fingerprint density at radius 2 is 2.23 bits per heavy atom. The molecule has 0 atom stereocenters. The third kappa shape index (κ3) is 2.66. The summed E-state index contributed by atoms with van der Waals surface area (Å²) < 4.78 is 28.0. The molecule has 0 aromatic carbocycles. The monoisotopic (exact) mass is 209 g/mol. The lowest BCUT2D eigenvalue weighted by Crippen LogP contribution is -2.09. The molecule has 0 bridgehead atoms. The quantitative estimate of drug-likeness (QED) is 0.764. The number of hydrogen-bond acceptors (Lipinski definition) is 4.